The Labute approximate surface area is 143 Å². The summed E-state index contributed by atoms with van der Waals surface area (Å²) in [6, 6.07) is 14.8. The maximum atomic E-state index is 8.79. The van der Waals surface area contributed by atoms with Gasteiger partial charge in [-0.1, -0.05) is 30.3 Å². The molecule has 3 rings (SSSR count). The van der Waals surface area contributed by atoms with E-state index in [2.05, 4.69) is 35.6 Å². The number of benzene rings is 2. The van der Waals surface area contributed by atoms with Gasteiger partial charge in [-0.2, -0.15) is 0 Å². The minimum absolute atomic E-state index is 0.174. The molecule has 0 fully saturated rings. The fourth-order valence-corrected chi connectivity index (χ4v) is 3.11. The maximum Gasteiger partial charge on any atom is 0.126 e. The van der Waals surface area contributed by atoms with Crippen molar-refractivity contribution < 1.29 is 14.6 Å². The summed E-state index contributed by atoms with van der Waals surface area (Å²) in [5.74, 6) is 2.30. The van der Waals surface area contributed by atoms with E-state index in [1.165, 1.54) is 16.7 Å². The van der Waals surface area contributed by atoms with Gasteiger partial charge in [-0.15, -0.1) is 0 Å². The van der Waals surface area contributed by atoms with Crippen LogP contribution >= 0.6 is 0 Å². The van der Waals surface area contributed by atoms with Crippen molar-refractivity contribution in [3.8, 4) is 11.5 Å². The van der Waals surface area contributed by atoms with E-state index in [9.17, 15) is 0 Å². The SMILES string of the molecule is COc1ccc2c(c1)OC[C@H](Cc1ccc(CNCCO)cc1)C2. The number of methoxy groups -OCH3 is 1. The molecule has 0 radical (unpaired) electrons. The van der Waals surface area contributed by atoms with Crippen molar-refractivity contribution in [1.29, 1.82) is 0 Å². The summed E-state index contributed by atoms with van der Waals surface area (Å²) in [6.07, 6.45) is 2.06. The molecule has 1 heterocycles. The van der Waals surface area contributed by atoms with Crippen LogP contribution in [0.25, 0.3) is 0 Å². The third-order valence-corrected chi connectivity index (χ3v) is 4.42. The Bertz CT molecular complexity index is 654. The maximum absolute atomic E-state index is 8.79. The number of nitrogens with one attached hydrogen (secondary N) is 1. The van der Waals surface area contributed by atoms with Crippen molar-refractivity contribution in [2.75, 3.05) is 26.9 Å². The first kappa shape index (κ1) is 16.8. The molecule has 0 aliphatic carbocycles. The van der Waals surface area contributed by atoms with Crippen LogP contribution in [0, 0.1) is 5.92 Å². The molecule has 2 aromatic rings. The molecule has 24 heavy (non-hydrogen) atoms. The van der Waals surface area contributed by atoms with Crippen LogP contribution in [0.4, 0.5) is 0 Å². The molecule has 0 amide bonds. The summed E-state index contributed by atoms with van der Waals surface area (Å²) in [4.78, 5) is 0. The Balaban J connectivity index is 1.56. The number of rotatable bonds is 7. The molecule has 0 saturated heterocycles. The lowest BCUT2D eigenvalue weighted by Crippen LogP contribution is -2.22. The Morgan fingerprint density at radius 3 is 2.71 bits per heavy atom. The second-order valence-corrected chi connectivity index (χ2v) is 6.28. The zero-order chi connectivity index (χ0) is 16.8. The highest BCUT2D eigenvalue weighted by atomic mass is 16.5. The molecule has 0 aromatic heterocycles. The first-order valence-electron chi connectivity index (χ1n) is 8.47. The van der Waals surface area contributed by atoms with Crippen LogP contribution in [-0.2, 0) is 19.4 Å². The van der Waals surface area contributed by atoms with Crippen LogP contribution in [0.5, 0.6) is 11.5 Å². The van der Waals surface area contributed by atoms with Crippen LogP contribution in [0.3, 0.4) is 0 Å². The van der Waals surface area contributed by atoms with Crippen molar-refractivity contribution in [1.82, 2.24) is 5.32 Å². The summed E-state index contributed by atoms with van der Waals surface area (Å²) < 4.78 is 11.2. The fourth-order valence-electron chi connectivity index (χ4n) is 3.11. The van der Waals surface area contributed by atoms with Gasteiger partial charge in [0.05, 0.1) is 20.3 Å². The average Bonchev–Trinajstić information content (AvgIpc) is 2.63. The smallest absolute Gasteiger partial charge is 0.126 e. The lowest BCUT2D eigenvalue weighted by atomic mass is 9.90. The van der Waals surface area contributed by atoms with Crippen LogP contribution in [0.15, 0.2) is 42.5 Å². The van der Waals surface area contributed by atoms with E-state index < -0.39 is 0 Å². The van der Waals surface area contributed by atoms with Gasteiger partial charge in [0.1, 0.15) is 11.5 Å². The second kappa shape index (κ2) is 8.18. The molecule has 128 valence electrons. The normalized spacial score (nSPS) is 16.3. The highest BCUT2D eigenvalue weighted by Gasteiger charge is 2.20. The predicted octanol–water partition coefficient (Wildman–Crippen LogP) is 2.57. The molecular weight excluding hydrogens is 302 g/mol. The summed E-state index contributed by atoms with van der Waals surface area (Å²) in [7, 11) is 1.68. The van der Waals surface area contributed by atoms with Gasteiger partial charge < -0.3 is 19.9 Å². The highest BCUT2D eigenvalue weighted by molar-refractivity contribution is 5.42. The van der Waals surface area contributed by atoms with Gasteiger partial charge in [-0.3, -0.25) is 0 Å². The summed E-state index contributed by atoms with van der Waals surface area (Å²) in [5, 5.41) is 12.0. The Kier molecular flexibility index (Phi) is 5.72. The van der Waals surface area contributed by atoms with Crippen LogP contribution in [0.1, 0.15) is 16.7 Å². The second-order valence-electron chi connectivity index (χ2n) is 6.28. The molecule has 0 bridgehead atoms. The number of aliphatic hydroxyl groups is 1. The molecular formula is C20H25NO3. The molecule has 0 spiro atoms. The van der Waals surface area contributed by atoms with Crippen LogP contribution < -0.4 is 14.8 Å². The third kappa shape index (κ3) is 4.28. The first-order valence-corrected chi connectivity index (χ1v) is 8.47. The van der Waals surface area contributed by atoms with Crippen molar-refractivity contribution in [2.24, 2.45) is 5.92 Å². The zero-order valence-corrected chi connectivity index (χ0v) is 14.1. The lowest BCUT2D eigenvalue weighted by Gasteiger charge is -2.25. The van der Waals surface area contributed by atoms with E-state index in [1.807, 2.05) is 12.1 Å². The van der Waals surface area contributed by atoms with E-state index in [-0.39, 0.29) is 6.61 Å². The van der Waals surface area contributed by atoms with Gasteiger partial charge in [-0.25, -0.2) is 0 Å². The number of aliphatic hydroxyl groups excluding tert-OH is 1. The van der Waals surface area contributed by atoms with Crippen molar-refractivity contribution in [3.63, 3.8) is 0 Å². The van der Waals surface area contributed by atoms with E-state index in [1.54, 1.807) is 7.11 Å². The predicted molar refractivity (Wildman–Crippen MR) is 94.6 cm³/mol. The fraction of sp³-hybridized carbons (Fsp3) is 0.400. The molecule has 1 atom stereocenters. The molecule has 0 saturated carbocycles. The van der Waals surface area contributed by atoms with Gasteiger partial charge in [0.25, 0.3) is 0 Å². The minimum atomic E-state index is 0.174. The van der Waals surface area contributed by atoms with E-state index in [0.29, 0.717) is 12.5 Å². The third-order valence-electron chi connectivity index (χ3n) is 4.42. The van der Waals surface area contributed by atoms with Gasteiger partial charge >= 0.3 is 0 Å². The van der Waals surface area contributed by atoms with Gasteiger partial charge in [-0.05, 0) is 35.6 Å². The summed E-state index contributed by atoms with van der Waals surface area (Å²) in [5.41, 5.74) is 3.84. The summed E-state index contributed by atoms with van der Waals surface area (Å²) >= 11 is 0. The number of ether oxygens (including phenoxy) is 2. The molecule has 2 aromatic carbocycles. The zero-order valence-electron chi connectivity index (χ0n) is 14.1. The van der Waals surface area contributed by atoms with Crippen molar-refractivity contribution >= 4 is 0 Å². The number of hydrogen-bond donors (Lipinski definition) is 2. The van der Waals surface area contributed by atoms with Crippen LogP contribution in [0.2, 0.25) is 0 Å². The van der Waals surface area contributed by atoms with Crippen LogP contribution in [-0.4, -0.2) is 32.0 Å². The molecule has 2 N–H and O–H groups in total. The van der Waals surface area contributed by atoms with Crippen molar-refractivity contribution in [3.05, 3.63) is 59.2 Å². The largest absolute Gasteiger partial charge is 0.497 e. The van der Waals surface area contributed by atoms with Gasteiger partial charge in [0.15, 0.2) is 0 Å². The van der Waals surface area contributed by atoms with Gasteiger partial charge in [0, 0.05) is 25.1 Å². The highest BCUT2D eigenvalue weighted by Crippen LogP contribution is 2.32. The molecule has 1 aliphatic rings. The molecule has 0 unspecified atom stereocenters. The van der Waals surface area contributed by atoms with E-state index in [0.717, 1.165) is 37.5 Å². The molecule has 1 aliphatic heterocycles. The standard InChI is InChI=1S/C20H25NO3/c1-23-19-7-6-18-11-17(14-24-20(18)12-19)10-15-2-4-16(5-3-15)13-21-8-9-22/h2-7,12,17,21-22H,8-11,13-14H2,1H3/t17-/m1/s1. The topological polar surface area (TPSA) is 50.7 Å². The average molecular weight is 327 g/mol. The van der Waals surface area contributed by atoms with Gasteiger partial charge in [0.2, 0.25) is 0 Å². The molecule has 4 nitrogen and oxygen atoms in total. The number of fused-ring (bicyclic) bond motifs is 1. The molecule has 4 heteroatoms. The minimum Gasteiger partial charge on any atom is -0.497 e. The Morgan fingerprint density at radius 1 is 1.17 bits per heavy atom. The van der Waals surface area contributed by atoms with E-state index >= 15 is 0 Å². The summed E-state index contributed by atoms with van der Waals surface area (Å²) in [6.45, 7) is 2.35. The Hall–Kier alpha value is -2.04. The quantitative estimate of drug-likeness (QED) is 0.768. The lowest BCUT2D eigenvalue weighted by molar-refractivity contribution is 0.220. The van der Waals surface area contributed by atoms with Crippen molar-refractivity contribution in [2.45, 2.75) is 19.4 Å². The number of hydrogen-bond acceptors (Lipinski definition) is 4. The monoisotopic (exact) mass is 327 g/mol. The van der Waals surface area contributed by atoms with E-state index in [4.69, 9.17) is 14.6 Å². The first-order chi connectivity index (χ1) is 11.8. The Morgan fingerprint density at radius 2 is 1.96 bits per heavy atom.